The van der Waals surface area contributed by atoms with Crippen LogP contribution in [0, 0.1) is 0 Å². The van der Waals surface area contributed by atoms with Gasteiger partial charge in [0.05, 0.1) is 38.1 Å². The lowest BCUT2D eigenvalue weighted by Gasteiger charge is -2.24. The van der Waals surface area contributed by atoms with Crippen LogP contribution in [-0.4, -0.2) is 48.4 Å². The van der Waals surface area contributed by atoms with Crippen LogP contribution in [0.25, 0.3) is 0 Å². The molecule has 0 unspecified atom stereocenters. The van der Waals surface area contributed by atoms with Crippen molar-refractivity contribution in [2.24, 2.45) is 5.10 Å². The van der Waals surface area contributed by atoms with E-state index in [0.717, 1.165) is 9.87 Å². The molecule has 0 spiro atoms. The van der Waals surface area contributed by atoms with Crippen LogP contribution in [0.5, 0.6) is 17.2 Å². The van der Waals surface area contributed by atoms with Crippen molar-refractivity contribution in [2.45, 2.75) is 24.7 Å². The van der Waals surface area contributed by atoms with E-state index in [9.17, 15) is 13.2 Å². The minimum Gasteiger partial charge on any atom is -0.497 e. The van der Waals surface area contributed by atoms with E-state index >= 15 is 0 Å². The fourth-order valence-electron chi connectivity index (χ4n) is 3.48. The van der Waals surface area contributed by atoms with E-state index in [2.05, 4.69) is 24.4 Å². The van der Waals surface area contributed by atoms with Crippen molar-refractivity contribution in [3.05, 3.63) is 77.9 Å². The Bertz CT molecular complexity index is 1340. The molecule has 196 valence electrons. The lowest BCUT2D eigenvalue weighted by Crippen LogP contribution is -2.39. The highest BCUT2D eigenvalue weighted by Crippen LogP contribution is 2.32. The molecule has 0 bridgehead atoms. The standard InChI is InChI=1S/C27H31N3O6S/c1-19(2)21-8-6-20(7-9-21)17-28-29-27(31)18-30(22-10-12-23(34-3)13-11-22)37(32,33)24-14-15-25(35-4)26(16-24)36-5/h6-17,19H,18H2,1-5H3,(H,29,31). The Balaban J connectivity index is 1.86. The van der Waals surface area contributed by atoms with Crippen LogP contribution in [0.2, 0.25) is 0 Å². The van der Waals surface area contributed by atoms with E-state index in [1.165, 1.54) is 51.3 Å². The second-order valence-electron chi connectivity index (χ2n) is 8.34. The van der Waals surface area contributed by atoms with Gasteiger partial charge in [-0.2, -0.15) is 5.10 Å². The molecule has 0 aliphatic carbocycles. The lowest BCUT2D eigenvalue weighted by atomic mass is 10.0. The van der Waals surface area contributed by atoms with Gasteiger partial charge in [0.2, 0.25) is 0 Å². The van der Waals surface area contributed by atoms with Crippen LogP contribution in [0.4, 0.5) is 5.69 Å². The van der Waals surface area contributed by atoms with Gasteiger partial charge in [0.15, 0.2) is 11.5 Å². The van der Waals surface area contributed by atoms with Crippen molar-refractivity contribution in [1.29, 1.82) is 0 Å². The van der Waals surface area contributed by atoms with Crippen LogP contribution < -0.4 is 23.9 Å². The minimum absolute atomic E-state index is 0.0671. The van der Waals surface area contributed by atoms with Gasteiger partial charge in [-0.1, -0.05) is 38.1 Å². The van der Waals surface area contributed by atoms with Crippen molar-refractivity contribution in [2.75, 3.05) is 32.2 Å². The summed E-state index contributed by atoms with van der Waals surface area (Å²) in [6.45, 7) is 3.70. The predicted octanol–water partition coefficient (Wildman–Crippen LogP) is 4.18. The van der Waals surface area contributed by atoms with Gasteiger partial charge < -0.3 is 14.2 Å². The number of nitrogens with zero attached hydrogens (tertiary/aromatic N) is 2. The van der Waals surface area contributed by atoms with Gasteiger partial charge in [0.25, 0.3) is 15.9 Å². The Morgan fingerprint density at radius 1 is 0.919 bits per heavy atom. The molecular weight excluding hydrogens is 494 g/mol. The lowest BCUT2D eigenvalue weighted by molar-refractivity contribution is -0.119. The van der Waals surface area contributed by atoms with Crippen molar-refractivity contribution in [3.63, 3.8) is 0 Å². The van der Waals surface area contributed by atoms with Gasteiger partial charge in [-0.3, -0.25) is 9.10 Å². The van der Waals surface area contributed by atoms with Crippen LogP contribution in [0.3, 0.4) is 0 Å². The highest BCUT2D eigenvalue weighted by molar-refractivity contribution is 7.92. The molecule has 0 fully saturated rings. The molecule has 37 heavy (non-hydrogen) atoms. The molecule has 0 heterocycles. The summed E-state index contributed by atoms with van der Waals surface area (Å²) in [7, 11) is 0.208. The zero-order valence-corrected chi connectivity index (χ0v) is 22.3. The third-order valence-corrected chi connectivity index (χ3v) is 7.37. The molecule has 0 aliphatic rings. The van der Waals surface area contributed by atoms with Gasteiger partial charge in [-0.25, -0.2) is 13.8 Å². The maximum Gasteiger partial charge on any atom is 0.264 e. The number of amides is 1. The average Bonchev–Trinajstić information content (AvgIpc) is 2.91. The zero-order chi connectivity index (χ0) is 27.0. The summed E-state index contributed by atoms with van der Waals surface area (Å²) in [5.41, 5.74) is 4.68. The van der Waals surface area contributed by atoms with Gasteiger partial charge in [0, 0.05) is 6.07 Å². The number of anilines is 1. The van der Waals surface area contributed by atoms with Crippen molar-refractivity contribution < 1.29 is 27.4 Å². The number of hydrogen-bond donors (Lipinski definition) is 1. The molecule has 0 atom stereocenters. The smallest absolute Gasteiger partial charge is 0.264 e. The zero-order valence-electron chi connectivity index (χ0n) is 21.5. The molecule has 3 aromatic carbocycles. The number of ether oxygens (including phenoxy) is 3. The molecular formula is C27H31N3O6S. The van der Waals surface area contributed by atoms with E-state index in [1.807, 2.05) is 24.3 Å². The van der Waals surface area contributed by atoms with E-state index in [1.54, 1.807) is 24.3 Å². The molecule has 0 saturated heterocycles. The molecule has 3 aromatic rings. The normalized spacial score (nSPS) is 11.4. The Labute approximate surface area is 217 Å². The SMILES string of the molecule is COc1ccc(N(CC(=O)NN=Cc2ccc(C(C)C)cc2)S(=O)(=O)c2ccc(OC)c(OC)c2)cc1. The topological polar surface area (TPSA) is 107 Å². The summed E-state index contributed by atoms with van der Waals surface area (Å²) in [6.07, 6.45) is 1.50. The number of hydrazone groups is 1. The monoisotopic (exact) mass is 525 g/mol. The number of carbonyl (C=O) groups excluding carboxylic acids is 1. The van der Waals surface area contributed by atoms with Crippen LogP contribution >= 0.6 is 0 Å². The number of methoxy groups -OCH3 is 3. The highest BCUT2D eigenvalue weighted by Gasteiger charge is 2.28. The number of carbonyl (C=O) groups is 1. The molecule has 3 rings (SSSR count). The molecule has 0 radical (unpaired) electrons. The van der Waals surface area contributed by atoms with Crippen LogP contribution in [-0.2, 0) is 14.8 Å². The Hall–Kier alpha value is -4.05. The summed E-state index contributed by atoms with van der Waals surface area (Å²) in [6, 6.07) is 18.4. The Morgan fingerprint density at radius 3 is 2.14 bits per heavy atom. The molecule has 1 amide bonds. The highest BCUT2D eigenvalue weighted by atomic mass is 32.2. The molecule has 0 aromatic heterocycles. The number of hydrogen-bond acceptors (Lipinski definition) is 7. The van der Waals surface area contributed by atoms with E-state index in [0.29, 0.717) is 17.4 Å². The first kappa shape index (κ1) is 27.5. The molecule has 0 aliphatic heterocycles. The predicted molar refractivity (Wildman–Crippen MR) is 143 cm³/mol. The second-order valence-corrected chi connectivity index (χ2v) is 10.2. The van der Waals surface area contributed by atoms with Crippen molar-refractivity contribution >= 4 is 27.8 Å². The van der Waals surface area contributed by atoms with E-state index in [4.69, 9.17) is 14.2 Å². The van der Waals surface area contributed by atoms with Gasteiger partial charge in [-0.05, 0) is 53.4 Å². The fraction of sp³-hybridized carbons (Fsp3) is 0.259. The Kier molecular flexibility index (Phi) is 9.13. The molecule has 1 N–H and O–H groups in total. The summed E-state index contributed by atoms with van der Waals surface area (Å²) >= 11 is 0. The molecule has 10 heteroatoms. The average molecular weight is 526 g/mol. The minimum atomic E-state index is -4.17. The Morgan fingerprint density at radius 2 is 1.57 bits per heavy atom. The van der Waals surface area contributed by atoms with Gasteiger partial charge in [0.1, 0.15) is 12.3 Å². The second kappa shape index (κ2) is 12.3. The van der Waals surface area contributed by atoms with E-state index in [-0.39, 0.29) is 16.3 Å². The number of sulfonamides is 1. The van der Waals surface area contributed by atoms with Crippen molar-refractivity contribution in [3.8, 4) is 17.2 Å². The van der Waals surface area contributed by atoms with E-state index < -0.39 is 22.5 Å². The summed E-state index contributed by atoms with van der Waals surface area (Å²) in [4.78, 5) is 12.7. The summed E-state index contributed by atoms with van der Waals surface area (Å²) in [5.74, 6) is 0.962. The van der Waals surface area contributed by atoms with Crippen molar-refractivity contribution in [1.82, 2.24) is 5.43 Å². The van der Waals surface area contributed by atoms with Crippen LogP contribution in [0.1, 0.15) is 30.9 Å². The fourth-order valence-corrected chi connectivity index (χ4v) is 4.92. The maximum atomic E-state index is 13.7. The first-order valence-electron chi connectivity index (χ1n) is 11.5. The summed E-state index contributed by atoms with van der Waals surface area (Å²) in [5, 5.41) is 3.99. The third kappa shape index (κ3) is 6.79. The van der Waals surface area contributed by atoms with Gasteiger partial charge in [-0.15, -0.1) is 0 Å². The first-order valence-corrected chi connectivity index (χ1v) is 12.9. The number of nitrogens with one attached hydrogen (secondary N) is 1. The van der Waals surface area contributed by atoms with Crippen LogP contribution in [0.15, 0.2) is 76.7 Å². The third-order valence-electron chi connectivity index (χ3n) is 5.60. The quantitative estimate of drug-likeness (QED) is 0.297. The largest absolute Gasteiger partial charge is 0.497 e. The summed E-state index contributed by atoms with van der Waals surface area (Å²) < 4.78 is 43.9. The molecule has 9 nitrogen and oxygen atoms in total. The molecule has 0 saturated carbocycles. The first-order chi connectivity index (χ1) is 17.7. The maximum absolute atomic E-state index is 13.7. The number of rotatable bonds is 11. The number of benzene rings is 3. The van der Waals surface area contributed by atoms with Gasteiger partial charge >= 0.3 is 0 Å².